The van der Waals surface area contributed by atoms with E-state index in [-0.39, 0.29) is 0 Å². The van der Waals surface area contributed by atoms with E-state index in [4.69, 9.17) is 4.74 Å². The summed E-state index contributed by atoms with van der Waals surface area (Å²) in [6.07, 6.45) is 7.12. The van der Waals surface area contributed by atoms with Crippen LogP contribution in [0.3, 0.4) is 0 Å². The quantitative estimate of drug-likeness (QED) is 0.492. The lowest BCUT2D eigenvalue weighted by molar-refractivity contribution is 0.172. The Bertz CT molecular complexity index is 189. The molecule has 100 valence electrons. The van der Waals surface area contributed by atoms with Gasteiger partial charge in [0.2, 0.25) is 0 Å². The monoisotopic (exact) mass is 240 g/mol. The van der Waals surface area contributed by atoms with Gasteiger partial charge in [-0.1, -0.05) is 6.08 Å². The lowest BCUT2D eigenvalue weighted by Gasteiger charge is -2.32. The Balaban J connectivity index is 1.99. The van der Waals surface area contributed by atoms with Crippen molar-refractivity contribution in [2.45, 2.75) is 25.7 Å². The molecule has 3 nitrogen and oxygen atoms in total. The first kappa shape index (κ1) is 14.7. The van der Waals surface area contributed by atoms with E-state index in [1.54, 1.807) is 7.11 Å². The number of rotatable bonds is 9. The van der Waals surface area contributed by atoms with E-state index in [0.29, 0.717) is 0 Å². The Morgan fingerprint density at radius 3 is 2.82 bits per heavy atom. The number of hydrogen-bond acceptors (Lipinski definition) is 3. The molecule has 0 saturated carbocycles. The highest BCUT2D eigenvalue weighted by Crippen LogP contribution is 2.16. The van der Waals surface area contributed by atoms with Crippen molar-refractivity contribution in [3.63, 3.8) is 0 Å². The van der Waals surface area contributed by atoms with Gasteiger partial charge in [0.25, 0.3) is 0 Å². The summed E-state index contributed by atoms with van der Waals surface area (Å²) in [5.41, 5.74) is 0. The summed E-state index contributed by atoms with van der Waals surface area (Å²) >= 11 is 0. The average Bonchev–Trinajstić information content (AvgIpc) is 2.37. The summed E-state index contributed by atoms with van der Waals surface area (Å²) in [6.45, 7) is 10.5. The third-order valence-corrected chi connectivity index (χ3v) is 3.51. The molecule has 0 aromatic heterocycles. The van der Waals surface area contributed by atoms with Crippen LogP contribution in [-0.4, -0.2) is 51.3 Å². The first-order valence-corrected chi connectivity index (χ1v) is 6.89. The van der Waals surface area contributed by atoms with Gasteiger partial charge in [0, 0.05) is 13.7 Å². The minimum Gasteiger partial charge on any atom is -0.383 e. The Labute approximate surface area is 106 Å². The van der Waals surface area contributed by atoms with Crippen LogP contribution in [0.5, 0.6) is 0 Å². The van der Waals surface area contributed by atoms with Crippen molar-refractivity contribution in [1.82, 2.24) is 10.2 Å². The lowest BCUT2D eigenvalue weighted by Crippen LogP contribution is -2.38. The minimum absolute atomic E-state index is 0.820. The fourth-order valence-corrected chi connectivity index (χ4v) is 2.35. The fourth-order valence-electron chi connectivity index (χ4n) is 2.35. The van der Waals surface area contributed by atoms with Crippen molar-refractivity contribution < 1.29 is 4.74 Å². The van der Waals surface area contributed by atoms with E-state index in [1.807, 2.05) is 6.08 Å². The second-order valence-electron chi connectivity index (χ2n) is 4.91. The normalized spacial score (nSPS) is 18.4. The standard InChI is InChI=1S/C14H28N2O/c1-3-4-5-9-16-10-6-14(7-11-16)13-15-8-12-17-2/h3,14-15H,1,4-13H2,2H3. The first-order valence-electron chi connectivity index (χ1n) is 6.89. The van der Waals surface area contributed by atoms with Crippen LogP contribution in [0.25, 0.3) is 0 Å². The van der Waals surface area contributed by atoms with Gasteiger partial charge in [0.05, 0.1) is 6.61 Å². The van der Waals surface area contributed by atoms with Crippen LogP contribution in [0, 0.1) is 5.92 Å². The molecule has 0 aromatic rings. The van der Waals surface area contributed by atoms with Gasteiger partial charge in [-0.15, -0.1) is 6.58 Å². The zero-order valence-corrected chi connectivity index (χ0v) is 11.3. The Hall–Kier alpha value is -0.380. The highest BCUT2D eigenvalue weighted by Gasteiger charge is 2.17. The van der Waals surface area contributed by atoms with E-state index in [2.05, 4.69) is 16.8 Å². The zero-order valence-electron chi connectivity index (χ0n) is 11.3. The van der Waals surface area contributed by atoms with E-state index < -0.39 is 0 Å². The summed E-state index contributed by atoms with van der Waals surface area (Å²) in [5.74, 6) is 0.863. The number of nitrogens with zero attached hydrogens (tertiary/aromatic N) is 1. The average molecular weight is 240 g/mol. The van der Waals surface area contributed by atoms with Crippen LogP contribution >= 0.6 is 0 Å². The van der Waals surface area contributed by atoms with Gasteiger partial charge in [0.1, 0.15) is 0 Å². The molecule has 0 amide bonds. The highest BCUT2D eigenvalue weighted by atomic mass is 16.5. The van der Waals surface area contributed by atoms with E-state index in [0.717, 1.165) is 32.0 Å². The number of piperidine rings is 1. The third-order valence-electron chi connectivity index (χ3n) is 3.51. The number of unbranched alkanes of at least 4 members (excludes halogenated alkanes) is 1. The number of nitrogens with one attached hydrogen (secondary N) is 1. The van der Waals surface area contributed by atoms with Crippen molar-refractivity contribution in [2.24, 2.45) is 5.92 Å². The SMILES string of the molecule is C=CCCCN1CCC(CNCCOC)CC1. The third kappa shape index (κ3) is 6.81. The molecule has 0 aromatic carbocycles. The Morgan fingerprint density at radius 1 is 1.41 bits per heavy atom. The summed E-state index contributed by atoms with van der Waals surface area (Å²) in [6, 6.07) is 0. The molecular weight excluding hydrogens is 212 g/mol. The maximum atomic E-state index is 5.02. The highest BCUT2D eigenvalue weighted by molar-refractivity contribution is 4.75. The Kier molecular flexibility index (Phi) is 8.32. The molecule has 0 spiro atoms. The lowest BCUT2D eigenvalue weighted by atomic mass is 9.96. The zero-order chi connectivity index (χ0) is 12.3. The second-order valence-corrected chi connectivity index (χ2v) is 4.91. The van der Waals surface area contributed by atoms with Crippen LogP contribution in [0.1, 0.15) is 25.7 Å². The van der Waals surface area contributed by atoms with Crippen molar-refractivity contribution in [3.8, 4) is 0 Å². The molecule has 0 atom stereocenters. The van der Waals surface area contributed by atoms with Crippen LogP contribution < -0.4 is 5.32 Å². The van der Waals surface area contributed by atoms with Gasteiger partial charge in [0.15, 0.2) is 0 Å². The van der Waals surface area contributed by atoms with Crippen molar-refractivity contribution in [2.75, 3.05) is 46.4 Å². The maximum Gasteiger partial charge on any atom is 0.0587 e. The molecule has 0 radical (unpaired) electrons. The van der Waals surface area contributed by atoms with E-state index in [9.17, 15) is 0 Å². The number of methoxy groups -OCH3 is 1. The van der Waals surface area contributed by atoms with Crippen LogP contribution in [0.15, 0.2) is 12.7 Å². The predicted molar refractivity (Wildman–Crippen MR) is 73.3 cm³/mol. The van der Waals surface area contributed by atoms with Gasteiger partial charge in [-0.25, -0.2) is 0 Å². The molecule has 1 aliphatic rings. The van der Waals surface area contributed by atoms with Crippen LogP contribution in [0.2, 0.25) is 0 Å². The molecular formula is C14H28N2O. The summed E-state index contributed by atoms with van der Waals surface area (Å²) in [7, 11) is 1.75. The molecule has 0 bridgehead atoms. The number of allylic oxidation sites excluding steroid dienone is 1. The molecule has 1 heterocycles. The molecule has 0 unspecified atom stereocenters. The summed E-state index contributed by atoms with van der Waals surface area (Å²) < 4.78 is 5.02. The van der Waals surface area contributed by atoms with Gasteiger partial charge in [-0.3, -0.25) is 0 Å². The van der Waals surface area contributed by atoms with Gasteiger partial charge >= 0.3 is 0 Å². The molecule has 0 aliphatic carbocycles. The second kappa shape index (κ2) is 9.63. The van der Waals surface area contributed by atoms with Crippen molar-refractivity contribution >= 4 is 0 Å². The smallest absolute Gasteiger partial charge is 0.0587 e. The fraction of sp³-hybridized carbons (Fsp3) is 0.857. The molecule has 1 rings (SSSR count). The van der Waals surface area contributed by atoms with Gasteiger partial charge in [-0.05, 0) is 57.8 Å². The van der Waals surface area contributed by atoms with E-state index in [1.165, 1.54) is 38.9 Å². The number of hydrogen-bond donors (Lipinski definition) is 1. The molecule has 1 fully saturated rings. The topological polar surface area (TPSA) is 24.5 Å². The molecule has 3 heteroatoms. The maximum absolute atomic E-state index is 5.02. The number of ether oxygens (including phenoxy) is 1. The Morgan fingerprint density at radius 2 is 2.18 bits per heavy atom. The van der Waals surface area contributed by atoms with E-state index >= 15 is 0 Å². The summed E-state index contributed by atoms with van der Waals surface area (Å²) in [5, 5.41) is 3.47. The molecule has 1 N–H and O–H groups in total. The van der Waals surface area contributed by atoms with Gasteiger partial charge in [-0.2, -0.15) is 0 Å². The summed E-state index contributed by atoms with van der Waals surface area (Å²) in [4.78, 5) is 2.59. The number of likely N-dealkylation sites (tertiary alicyclic amines) is 1. The van der Waals surface area contributed by atoms with Crippen LogP contribution in [-0.2, 0) is 4.74 Å². The van der Waals surface area contributed by atoms with Crippen molar-refractivity contribution in [3.05, 3.63) is 12.7 Å². The van der Waals surface area contributed by atoms with Gasteiger partial charge < -0.3 is 15.0 Å². The molecule has 1 saturated heterocycles. The molecule has 1 aliphatic heterocycles. The minimum atomic E-state index is 0.820. The predicted octanol–water partition coefficient (Wildman–Crippen LogP) is 1.90. The largest absolute Gasteiger partial charge is 0.383 e. The molecule has 17 heavy (non-hydrogen) atoms. The van der Waals surface area contributed by atoms with Crippen molar-refractivity contribution in [1.29, 1.82) is 0 Å². The van der Waals surface area contributed by atoms with Crippen LogP contribution in [0.4, 0.5) is 0 Å². The first-order chi connectivity index (χ1) is 8.36.